The molecule has 2 aliphatic carbocycles. The summed E-state index contributed by atoms with van der Waals surface area (Å²) >= 11 is 0. The second-order valence-corrected chi connectivity index (χ2v) is 7.60. The molecule has 2 heteroatoms. The molecule has 2 aliphatic rings. The minimum absolute atomic E-state index is 0.596. The first-order valence-electron chi connectivity index (χ1n) is 8.82. The molecule has 4 atom stereocenters. The normalized spacial score (nSPS) is 32.4. The van der Waals surface area contributed by atoms with Gasteiger partial charge in [-0.3, -0.25) is 4.98 Å². The molecule has 1 saturated carbocycles. The topological polar surface area (TPSA) is 24.9 Å². The van der Waals surface area contributed by atoms with Crippen molar-refractivity contribution < 1.29 is 0 Å². The number of hydrogen-bond donors (Lipinski definition) is 1. The van der Waals surface area contributed by atoms with Crippen LogP contribution in [-0.4, -0.2) is 17.6 Å². The molecule has 0 amide bonds. The molecule has 0 saturated heterocycles. The van der Waals surface area contributed by atoms with Crippen LogP contribution in [0, 0.1) is 17.8 Å². The van der Waals surface area contributed by atoms with Crippen molar-refractivity contribution >= 4 is 0 Å². The van der Waals surface area contributed by atoms with Crippen molar-refractivity contribution in [1.29, 1.82) is 0 Å². The van der Waals surface area contributed by atoms with Gasteiger partial charge in [0.15, 0.2) is 0 Å². The van der Waals surface area contributed by atoms with Gasteiger partial charge in [-0.15, -0.1) is 0 Å². The Bertz CT molecular complexity index is 468. The summed E-state index contributed by atoms with van der Waals surface area (Å²) in [6, 6.07) is 4.98. The molecule has 4 unspecified atom stereocenters. The number of rotatable bonds is 4. The molecule has 1 heterocycles. The van der Waals surface area contributed by atoms with E-state index in [9.17, 15) is 0 Å². The SMILES string of the molecule is CC1CCC(CNC(C)C)C(C2CCc3cccnc32)C1. The van der Waals surface area contributed by atoms with Crippen molar-refractivity contribution in [3.8, 4) is 0 Å². The monoisotopic (exact) mass is 286 g/mol. The Morgan fingerprint density at radius 3 is 2.95 bits per heavy atom. The molecule has 116 valence electrons. The third-order valence-corrected chi connectivity index (χ3v) is 5.62. The smallest absolute Gasteiger partial charge is 0.0469 e. The van der Waals surface area contributed by atoms with Gasteiger partial charge in [0, 0.05) is 23.9 Å². The van der Waals surface area contributed by atoms with Gasteiger partial charge < -0.3 is 5.32 Å². The predicted molar refractivity (Wildman–Crippen MR) is 88.4 cm³/mol. The van der Waals surface area contributed by atoms with E-state index in [2.05, 4.69) is 38.2 Å². The highest BCUT2D eigenvalue weighted by molar-refractivity contribution is 5.29. The van der Waals surface area contributed by atoms with Crippen LogP contribution >= 0.6 is 0 Å². The summed E-state index contributed by atoms with van der Waals surface area (Å²) < 4.78 is 0. The van der Waals surface area contributed by atoms with E-state index in [0.29, 0.717) is 12.0 Å². The van der Waals surface area contributed by atoms with E-state index < -0.39 is 0 Å². The van der Waals surface area contributed by atoms with Gasteiger partial charge in [-0.05, 0) is 61.6 Å². The first kappa shape index (κ1) is 15.0. The Kier molecular flexibility index (Phi) is 4.63. The molecule has 0 bridgehead atoms. The van der Waals surface area contributed by atoms with E-state index in [1.807, 2.05) is 6.20 Å². The Hall–Kier alpha value is -0.890. The highest BCUT2D eigenvalue weighted by Gasteiger charge is 2.38. The lowest BCUT2D eigenvalue weighted by Crippen LogP contribution is -2.37. The van der Waals surface area contributed by atoms with Crippen LogP contribution in [0.15, 0.2) is 18.3 Å². The lowest BCUT2D eigenvalue weighted by atomic mass is 9.68. The van der Waals surface area contributed by atoms with Gasteiger partial charge in [-0.25, -0.2) is 0 Å². The molecule has 1 fully saturated rings. The fourth-order valence-corrected chi connectivity index (χ4v) is 4.48. The standard InChI is InChI=1S/C19H30N2/c1-13(2)21-12-16-7-6-14(3)11-18(16)17-9-8-15-5-4-10-20-19(15)17/h4-5,10,13-14,16-18,21H,6-9,11-12H2,1-3H3. The Balaban J connectivity index is 1.77. The largest absolute Gasteiger partial charge is 0.314 e. The van der Waals surface area contributed by atoms with Gasteiger partial charge in [0.1, 0.15) is 0 Å². The molecule has 1 N–H and O–H groups in total. The van der Waals surface area contributed by atoms with Gasteiger partial charge in [-0.1, -0.05) is 33.3 Å². The third kappa shape index (κ3) is 3.31. The van der Waals surface area contributed by atoms with Crippen LogP contribution < -0.4 is 5.32 Å². The molecule has 3 rings (SSSR count). The maximum absolute atomic E-state index is 4.75. The molecule has 0 aliphatic heterocycles. The Labute approximate surface area is 129 Å². The fourth-order valence-electron chi connectivity index (χ4n) is 4.48. The first-order chi connectivity index (χ1) is 10.1. The molecule has 21 heavy (non-hydrogen) atoms. The zero-order valence-electron chi connectivity index (χ0n) is 13.8. The number of fused-ring (bicyclic) bond motifs is 1. The number of aryl methyl sites for hydroxylation is 1. The van der Waals surface area contributed by atoms with Crippen molar-refractivity contribution in [2.45, 2.75) is 64.8 Å². The van der Waals surface area contributed by atoms with Crippen molar-refractivity contribution in [2.75, 3.05) is 6.54 Å². The number of pyridine rings is 1. The average Bonchev–Trinajstić information content (AvgIpc) is 2.89. The van der Waals surface area contributed by atoms with Gasteiger partial charge in [0.25, 0.3) is 0 Å². The summed E-state index contributed by atoms with van der Waals surface area (Å²) in [6.45, 7) is 8.14. The summed E-state index contributed by atoms with van der Waals surface area (Å²) in [5, 5.41) is 3.69. The molecule has 1 aromatic rings. The zero-order chi connectivity index (χ0) is 14.8. The van der Waals surface area contributed by atoms with Gasteiger partial charge in [0.2, 0.25) is 0 Å². The maximum atomic E-state index is 4.75. The quantitative estimate of drug-likeness (QED) is 0.899. The van der Waals surface area contributed by atoms with Crippen LogP contribution in [0.1, 0.15) is 63.6 Å². The molecular weight excluding hydrogens is 256 g/mol. The van der Waals surface area contributed by atoms with Crippen molar-refractivity contribution in [2.24, 2.45) is 17.8 Å². The van der Waals surface area contributed by atoms with Gasteiger partial charge >= 0.3 is 0 Å². The first-order valence-corrected chi connectivity index (χ1v) is 8.82. The molecule has 0 spiro atoms. The molecular formula is C19H30N2. The van der Waals surface area contributed by atoms with E-state index >= 15 is 0 Å². The van der Waals surface area contributed by atoms with Crippen molar-refractivity contribution in [3.05, 3.63) is 29.6 Å². The third-order valence-electron chi connectivity index (χ3n) is 5.62. The van der Waals surface area contributed by atoms with E-state index in [0.717, 1.165) is 17.8 Å². The number of nitrogens with zero attached hydrogens (tertiary/aromatic N) is 1. The van der Waals surface area contributed by atoms with Crippen LogP contribution in [0.5, 0.6) is 0 Å². The van der Waals surface area contributed by atoms with Crippen LogP contribution in [0.2, 0.25) is 0 Å². The van der Waals surface area contributed by atoms with Crippen molar-refractivity contribution in [3.63, 3.8) is 0 Å². The summed E-state index contributed by atoms with van der Waals surface area (Å²) in [5.41, 5.74) is 2.93. The molecule has 1 aromatic heterocycles. The predicted octanol–water partition coefficient (Wildman–Crippen LogP) is 4.16. The van der Waals surface area contributed by atoms with Crippen LogP contribution in [0.4, 0.5) is 0 Å². The Morgan fingerprint density at radius 2 is 2.14 bits per heavy atom. The molecule has 0 aromatic carbocycles. The Morgan fingerprint density at radius 1 is 1.29 bits per heavy atom. The second kappa shape index (κ2) is 6.48. The van der Waals surface area contributed by atoms with Crippen LogP contribution in [0.3, 0.4) is 0 Å². The van der Waals surface area contributed by atoms with E-state index in [4.69, 9.17) is 4.98 Å². The summed E-state index contributed by atoms with van der Waals surface area (Å²) in [6.07, 6.45) is 8.74. The average molecular weight is 286 g/mol. The van der Waals surface area contributed by atoms with Crippen molar-refractivity contribution in [1.82, 2.24) is 10.3 Å². The number of hydrogen-bond acceptors (Lipinski definition) is 2. The zero-order valence-corrected chi connectivity index (χ0v) is 13.8. The minimum atomic E-state index is 0.596. The van der Waals surface area contributed by atoms with E-state index in [-0.39, 0.29) is 0 Å². The fraction of sp³-hybridized carbons (Fsp3) is 0.737. The molecule has 2 nitrogen and oxygen atoms in total. The minimum Gasteiger partial charge on any atom is -0.314 e. The van der Waals surface area contributed by atoms with Crippen LogP contribution in [0.25, 0.3) is 0 Å². The lowest BCUT2D eigenvalue weighted by Gasteiger charge is -2.39. The lowest BCUT2D eigenvalue weighted by molar-refractivity contribution is 0.152. The molecule has 0 radical (unpaired) electrons. The van der Waals surface area contributed by atoms with Gasteiger partial charge in [-0.2, -0.15) is 0 Å². The second-order valence-electron chi connectivity index (χ2n) is 7.60. The summed E-state index contributed by atoms with van der Waals surface area (Å²) in [7, 11) is 0. The van der Waals surface area contributed by atoms with E-state index in [1.165, 1.54) is 49.9 Å². The summed E-state index contributed by atoms with van der Waals surface area (Å²) in [5.74, 6) is 3.26. The summed E-state index contributed by atoms with van der Waals surface area (Å²) in [4.78, 5) is 4.75. The number of aromatic nitrogens is 1. The highest BCUT2D eigenvalue weighted by atomic mass is 14.9. The van der Waals surface area contributed by atoms with Gasteiger partial charge in [0.05, 0.1) is 0 Å². The maximum Gasteiger partial charge on any atom is 0.0469 e. The van der Waals surface area contributed by atoms with Crippen LogP contribution in [-0.2, 0) is 6.42 Å². The number of nitrogens with one attached hydrogen (secondary N) is 1. The highest BCUT2D eigenvalue weighted by Crippen LogP contribution is 2.46. The van der Waals surface area contributed by atoms with E-state index in [1.54, 1.807) is 0 Å².